The minimum Gasteiger partial charge on any atom is -0.380 e. The van der Waals surface area contributed by atoms with Gasteiger partial charge in [0.05, 0.1) is 12.2 Å². The van der Waals surface area contributed by atoms with E-state index in [1.165, 1.54) is 23.3 Å². The number of carbonyl (C=O) groups excluding carboxylic acids is 2. The molecule has 0 aliphatic rings. The van der Waals surface area contributed by atoms with Crippen molar-refractivity contribution >= 4 is 12.6 Å². The van der Waals surface area contributed by atoms with Gasteiger partial charge in [0.15, 0.2) is 0 Å². The Hall–Kier alpha value is -7.31. The maximum absolute atomic E-state index is 13.8. The van der Waals surface area contributed by atoms with Crippen molar-refractivity contribution in [3.63, 3.8) is 0 Å². The lowest BCUT2D eigenvalue weighted by atomic mass is 9.94. The first-order chi connectivity index (χ1) is 29.0. The molecular weight excluding hydrogens is 770 g/mol. The number of nitrogens with zero attached hydrogens (tertiary/aromatic N) is 4. The number of hydrogen-bond donors (Lipinski definition) is 0. The number of carbonyl (C=O) groups is 2. The highest BCUT2D eigenvalue weighted by Crippen LogP contribution is 2.40. The van der Waals surface area contributed by atoms with Crippen LogP contribution in [0.2, 0.25) is 0 Å². The molecule has 6 aromatic carbocycles. The number of benzene rings is 6. The van der Waals surface area contributed by atoms with Gasteiger partial charge in [-0.15, -0.1) is 0 Å². The number of alkyl halides is 3. The van der Waals surface area contributed by atoms with Gasteiger partial charge < -0.3 is 13.8 Å². The van der Waals surface area contributed by atoms with Gasteiger partial charge >= 0.3 is 6.18 Å². The average Bonchev–Trinajstić information content (AvgIpc) is 3.96. The van der Waals surface area contributed by atoms with Crippen LogP contribution in [-0.4, -0.2) is 40.0 Å². The standard InChI is InChI=1S/C25H22N2O3.C23H15F3N2O2/c1-16-6-4-5-7-21(16)23-11-9-19(13-20(23)15-29-3)25-26-24(27-30-25)22-10-8-18(14-28)12-17(22)2;1-14-4-2-3-5-18(14)19-11-10-17(12-20(19)23(24,25)26)22-27-21(28-30-22)16-8-6-15(13-29)7-9-16/h4-14H,15H2,1-3H3;2-13H,1H3. The molecule has 0 aliphatic carbocycles. The number of halogens is 3. The van der Waals surface area contributed by atoms with Gasteiger partial charge in [-0.25, -0.2) is 0 Å². The summed E-state index contributed by atoms with van der Waals surface area (Å²) in [5.41, 5.74) is 9.59. The zero-order valence-corrected chi connectivity index (χ0v) is 33.0. The van der Waals surface area contributed by atoms with Crippen molar-refractivity contribution < 1.29 is 36.5 Å². The summed E-state index contributed by atoms with van der Waals surface area (Å²) in [6.07, 6.45) is -3.02. The molecule has 8 rings (SSSR count). The molecule has 9 nitrogen and oxygen atoms in total. The maximum atomic E-state index is 13.8. The molecule has 0 saturated carbocycles. The van der Waals surface area contributed by atoms with E-state index in [1.54, 1.807) is 68.6 Å². The fraction of sp³-hybridized carbons (Fsp3) is 0.125. The van der Waals surface area contributed by atoms with E-state index >= 15 is 0 Å². The van der Waals surface area contributed by atoms with Crippen LogP contribution in [0.1, 0.15) is 48.5 Å². The zero-order chi connectivity index (χ0) is 42.4. The van der Waals surface area contributed by atoms with Gasteiger partial charge in [0.25, 0.3) is 11.8 Å². The molecule has 2 heterocycles. The maximum Gasteiger partial charge on any atom is 0.417 e. The smallest absolute Gasteiger partial charge is 0.380 e. The number of aldehydes is 2. The Balaban J connectivity index is 0.000000181. The molecule has 0 bridgehead atoms. The van der Waals surface area contributed by atoms with Crippen molar-refractivity contribution in [2.45, 2.75) is 33.6 Å². The minimum absolute atomic E-state index is 0.0219. The predicted molar refractivity (Wildman–Crippen MR) is 222 cm³/mol. The molecule has 0 atom stereocenters. The Bertz CT molecular complexity index is 2810. The van der Waals surface area contributed by atoms with Gasteiger partial charge in [0, 0.05) is 40.5 Å². The number of methoxy groups -OCH3 is 1. The van der Waals surface area contributed by atoms with E-state index in [4.69, 9.17) is 13.8 Å². The van der Waals surface area contributed by atoms with E-state index in [0.717, 1.165) is 45.7 Å². The van der Waals surface area contributed by atoms with Crippen molar-refractivity contribution in [1.82, 2.24) is 20.3 Å². The lowest BCUT2D eigenvalue weighted by molar-refractivity contribution is -0.137. The summed E-state index contributed by atoms with van der Waals surface area (Å²) in [6.45, 7) is 6.27. The highest BCUT2D eigenvalue weighted by molar-refractivity contribution is 5.79. The first kappa shape index (κ1) is 40.9. The lowest BCUT2D eigenvalue weighted by Crippen LogP contribution is -2.08. The summed E-state index contributed by atoms with van der Waals surface area (Å²) in [6, 6.07) is 37.1. The Labute approximate surface area is 343 Å². The van der Waals surface area contributed by atoms with Gasteiger partial charge in [-0.05, 0) is 95.6 Å². The van der Waals surface area contributed by atoms with Crippen LogP contribution in [0.3, 0.4) is 0 Å². The number of aryl methyl sites for hydroxylation is 3. The van der Waals surface area contributed by atoms with Crippen LogP contribution in [0.15, 0.2) is 136 Å². The van der Waals surface area contributed by atoms with Gasteiger partial charge in [-0.2, -0.15) is 23.1 Å². The van der Waals surface area contributed by atoms with Crippen molar-refractivity contribution in [2.75, 3.05) is 7.11 Å². The third-order valence-electron chi connectivity index (χ3n) is 9.88. The molecule has 60 heavy (non-hydrogen) atoms. The summed E-state index contributed by atoms with van der Waals surface area (Å²) in [7, 11) is 1.69. The summed E-state index contributed by atoms with van der Waals surface area (Å²) < 4.78 is 57.6. The third kappa shape index (κ3) is 8.88. The number of hydrogen-bond acceptors (Lipinski definition) is 9. The molecule has 2 aromatic heterocycles. The second-order valence-corrected chi connectivity index (χ2v) is 14.0. The SMILES string of the molecule is COCc1cc(-c2nc(-c3ccc(C=O)cc3C)no2)ccc1-c1ccccc1C.Cc1ccccc1-c1ccc(-c2nc(-c3ccc(C=O)cc3)no2)cc1C(F)(F)F. The Morgan fingerprint density at radius 2 is 1.07 bits per heavy atom. The lowest BCUT2D eigenvalue weighted by Gasteiger charge is -2.15. The van der Waals surface area contributed by atoms with Gasteiger partial charge in [0.1, 0.15) is 12.6 Å². The summed E-state index contributed by atoms with van der Waals surface area (Å²) in [5.74, 6) is 1.14. The van der Waals surface area contributed by atoms with Crippen LogP contribution in [0, 0.1) is 20.8 Å². The molecule has 0 spiro atoms. The Kier molecular flexibility index (Phi) is 12.0. The summed E-state index contributed by atoms with van der Waals surface area (Å²) in [4.78, 5) is 30.5. The van der Waals surface area contributed by atoms with Gasteiger partial charge in [0.2, 0.25) is 11.6 Å². The molecule has 8 aromatic rings. The second kappa shape index (κ2) is 17.7. The zero-order valence-electron chi connectivity index (χ0n) is 33.0. The van der Waals surface area contributed by atoms with Crippen molar-refractivity contribution in [3.8, 4) is 67.9 Å². The van der Waals surface area contributed by atoms with E-state index in [-0.39, 0.29) is 22.8 Å². The molecule has 0 fully saturated rings. The fourth-order valence-electron chi connectivity index (χ4n) is 6.79. The van der Waals surface area contributed by atoms with Crippen LogP contribution < -0.4 is 0 Å². The normalized spacial score (nSPS) is 11.2. The van der Waals surface area contributed by atoms with Crippen molar-refractivity contribution in [2.24, 2.45) is 0 Å². The molecular formula is C48H37F3N4O5. The molecule has 300 valence electrons. The van der Waals surface area contributed by atoms with Crippen molar-refractivity contribution in [1.29, 1.82) is 0 Å². The van der Waals surface area contributed by atoms with Crippen LogP contribution >= 0.6 is 0 Å². The monoisotopic (exact) mass is 806 g/mol. The Morgan fingerprint density at radius 1 is 0.550 bits per heavy atom. The predicted octanol–water partition coefficient (Wildman–Crippen LogP) is 11.9. The minimum atomic E-state index is -4.55. The van der Waals surface area contributed by atoms with Gasteiger partial charge in [-0.3, -0.25) is 9.59 Å². The molecule has 0 aliphatic heterocycles. The van der Waals surface area contributed by atoms with Crippen LogP contribution in [0.25, 0.3) is 67.9 Å². The van der Waals surface area contributed by atoms with Gasteiger partial charge in [-0.1, -0.05) is 107 Å². The topological polar surface area (TPSA) is 121 Å². The fourth-order valence-corrected chi connectivity index (χ4v) is 6.79. The van der Waals surface area contributed by atoms with E-state index in [2.05, 4.69) is 45.4 Å². The molecule has 0 radical (unpaired) electrons. The summed E-state index contributed by atoms with van der Waals surface area (Å²) in [5, 5.41) is 7.99. The number of aromatic nitrogens is 4. The van der Waals surface area contributed by atoms with E-state index in [0.29, 0.717) is 46.9 Å². The molecule has 0 amide bonds. The van der Waals surface area contributed by atoms with Crippen LogP contribution in [0.5, 0.6) is 0 Å². The average molecular weight is 807 g/mol. The highest BCUT2D eigenvalue weighted by Gasteiger charge is 2.35. The van der Waals surface area contributed by atoms with E-state index < -0.39 is 11.7 Å². The molecule has 0 saturated heterocycles. The quantitative estimate of drug-likeness (QED) is 0.124. The van der Waals surface area contributed by atoms with Crippen LogP contribution in [-0.2, 0) is 17.5 Å². The van der Waals surface area contributed by atoms with Crippen molar-refractivity contribution in [3.05, 3.63) is 166 Å². The van der Waals surface area contributed by atoms with Crippen LogP contribution in [0.4, 0.5) is 13.2 Å². The van der Waals surface area contributed by atoms with E-state index in [9.17, 15) is 22.8 Å². The first-order valence-corrected chi connectivity index (χ1v) is 18.7. The third-order valence-corrected chi connectivity index (χ3v) is 9.88. The highest BCUT2D eigenvalue weighted by atomic mass is 19.4. The largest absolute Gasteiger partial charge is 0.417 e. The molecule has 12 heteroatoms. The van der Waals surface area contributed by atoms with E-state index in [1.807, 2.05) is 43.3 Å². The number of rotatable bonds is 10. The second-order valence-electron chi connectivity index (χ2n) is 14.0. The summed E-state index contributed by atoms with van der Waals surface area (Å²) >= 11 is 0. The first-order valence-electron chi connectivity index (χ1n) is 18.7. The molecule has 0 unspecified atom stereocenters. The number of ether oxygens (including phenoxy) is 1. The Morgan fingerprint density at radius 3 is 1.65 bits per heavy atom. The molecule has 0 N–H and O–H groups in total.